The Labute approximate surface area is 115 Å². The van der Waals surface area contributed by atoms with Crippen LogP contribution in [-0.2, 0) is 4.74 Å². The zero-order chi connectivity index (χ0) is 14.3. The molecule has 0 amide bonds. The van der Waals surface area contributed by atoms with Crippen LogP contribution in [0.4, 0.5) is 11.4 Å². The number of nitrogens with two attached hydrogens (primary N) is 1. The lowest BCUT2D eigenvalue weighted by molar-refractivity contribution is 0.0527. The number of anilines is 2. The quantitative estimate of drug-likeness (QED) is 0.585. The standard InChI is InChI=1S/C15H24N2O2/c1-4-8-11(5-2)17-14-12(15(18)19-6-3)9-7-10-13(14)16/h7,9-11,17H,4-6,8,16H2,1-3H3. The number of hydrogen-bond donors (Lipinski definition) is 2. The van der Waals surface area contributed by atoms with E-state index in [0.29, 0.717) is 29.6 Å². The molecule has 1 rings (SSSR count). The van der Waals surface area contributed by atoms with Crippen molar-refractivity contribution >= 4 is 17.3 Å². The van der Waals surface area contributed by atoms with Crippen LogP contribution < -0.4 is 11.1 Å². The van der Waals surface area contributed by atoms with E-state index in [1.165, 1.54) is 0 Å². The van der Waals surface area contributed by atoms with E-state index < -0.39 is 0 Å². The molecule has 1 atom stereocenters. The van der Waals surface area contributed by atoms with Crippen LogP contribution in [0.1, 0.15) is 50.4 Å². The highest BCUT2D eigenvalue weighted by Gasteiger charge is 2.17. The third-order valence-corrected chi connectivity index (χ3v) is 3.07. The number of nitrogen functional groups attached to an aromatic ring is 1. The summed E-state index contributed by atoms with van der Waals surface area (Å²) in [7, 11) is 0. The van der Waals surface area contributed by atoms with Gasteiger partial charge in [-0.1, -0.05) is 26.3 Å². The molecule has 0 fully saturated rings. The van der Waals surface area contributed by atoms with Crippen molar-refractivity contribution in [3.05, 3.63) is 23.8 Å². The van der Waals surface area contributed by atoms with E-state index in [4.69, 9.17) is 10.5 Å². The fraction of sp³-hybridized carbons (Fsp3) is 0.533. The van der Waals surface area contributed by atoms with Crippen molar-refractivity contribution < 1.29 is 9.53 Å². The van der Waals surface area contributed by atoms with Crippen LogP contribution in [0.15, 0.2) is 18.2 Å². The van der Waals surface area contributed by atoms with Crippen LogP contribution in [0.2, 0.25) is 0 Å². The van der Waals surface area contributed by atoms with E-state index in [1.54, 1.807) is 25.1 Å². The van der Waals surface area contributed by atoms with Crippen LogP contribution in [0, 0.1) is 0 Å². The molecule has 1 unspecified atom stereocenters. The molecule has 3 N–H and O–H groups in total. The highest BCUT2D eigenvalue weighted by atomic mass is 16.5. The van der Waals surface area contributed by atoms with Gasteiger partial charge in [-0.2, -0.15) is 0 Å². The SMILES string of the molecule is CCCC(CC)Nc1c(N)cccc1C(=O)OCC. The van der Waals surface area contributed by atoms with Gasteiger partial charge in [0.2, 0.25) is 0 Å². The minimum atomic E-state index is -0.330. The first-order valence-electron chi connectivity index (χ1n) is 6.96. The minimum absolute atomic E-state index is 0.322. The number of nitrogens with one attached hydrogen (secondary N) is 1. The van der Waals surface area contributed by atoms with Gasteiger partial charge in [-0.05, 0) is 31.9 Å². The highest BCUT2D eigenvalue weighted by molar-refractivity contribution is 5.98. The summed E-state index contributed by atoms with van der Waals surface area (Å²) in [5.41, 5.74) is 7.77. The van der Waals surface area contributed by atoms with Gasteiger partial charge >= 0.3 is 5.97 Å². The molecule has 4 heteroatoms. The van der Waals surface area contributed by atoms with Crippen molar-refractivity contribution in [1.29, 1.82) is 0 Å². The van der Waals surface area contributed by atoms with Crippen LogP contribution in [0.25, 0.3) is 0 Å². The van der Waals surface area contributed by atoms with Gasteiger partial charge in [0.1, 0.15) is 0 Å². The molecule has 0 spiro atoms. The zero-order valence-corrected chi connectivity index (χ0v) is 12.0. The Morgan fingerprint density at radius 2 is 2.11 bits per heavy atom. The second kappa shape index (κ2) is 7.67. The Hall–Kier alpha value is -1.71. The van der Waals surface area contributed by atoms with Crippen molar-refractivity contribution in [3.63, 3.8) is 0 Å². The molecule has 0 aliphatic rings. The maximum absolute atomic E-state index is 11.9. The van der Waals surface area contributed by atoms with Crippen molar-refractivity contribution in [2.75, 3.05) is 17.7 Å². The molecule has 0 aliphatic carbocycles. The molecule has 106 valence electrons. The van der Waals surface area contributed by atoms with Crippen LogP contribution >= 0.6 is 0 Å². The molecule has 19 heavy (non-hydrogen) atoms. The second-order valence-corrected chi connectivity index (χ2v) is 4.53. The number of benzene rings is 1. The van der Waals surface area contributed by atoms with Gasteiger partial charge in [0.25, 0.3) is 0 Å². The molecule has 0 saturated heterocycles. The summed E-state index contributed by atoms with van der Waals surface area (Å²) in [6, 6.07) is 5.63. The van der Waals surface area contributed by atoms with Gasteiger partial charge in [0.05, 0.1) is 23.5 Å². The molecule has 0 heterocycles. The molecule has 0 aromatic heterocycles. The van der Waals surface area contributed by atoms with E-state index in [-0.39, 0.29) is 5.97 Å². The predicted molar refractivity (Wildman–Crippen MR) is 79.4 cm³/mol. The first-order chi connectivity index (χ1) is 9.13. The van der Waals surface area contributed by atoms with E-state index >= 15 is 0 Å². The number of carbonyl (C=O) groups excluding carboxylic acids is 1. The van der Waals surface area contributed by atoms with Gasteiger partial charge < -0.3 is 15.8 Å². The van der Waals surface area contributed by atoms with Crippen LogP contribution in [-0.4, -0.2) is 18.6 Å². The predicted octanol–water partition coefficient (Wildman–Crippen LogP) is 3.44. The summed E-state index contributed by atoms with van der Waals surface area (Å²) < 4.78 is 5.06. The van der Waals surface area contributed by atoms with Gasteiger partial charge in [0.15, 0.2) is 0 Å². The van der Waals surface area contributed by atoms with E-state index in [2.05, 4.69) is 19.2 Å². The lowest BCUT2D eigenvalue weighted by Crippen LogP contribution is -2.21. The Morgan fingerprint density at radius 3 is 2.68 bits per heavy atom. The summed E-state index contributed by atoms with van der Waals surface area (Å²) in [5, 5.41) is 3.38. The maximum Gasteiger partial charge on any atom is 0.340 e. The highest BCUT2D eigenvalue weighted by Crippen LogP contribution is 2.26. The van der Waals surface area contributed by atoms with E-state index in [0.717, 1.165) is 19.3 Å². The van der Waals surface area contributed by atoms with E-state index in [1.807, 2.05) is 0 Å². The zero-order valence-electron chi connectivity index (χ0n) is 12.0. The number of para-hydroxylation sites is 1. The van der Waals surface area contributed by atoms with Crippen LogP contribution in [0.5, 0.6) is 0 Å². The monoisotopic (exact) mass is 264 g/mol. The smallest absolute Gasteiger partial charge is 0.340 e. The molecule has 0 radical (unpaired) electrons. The Bertz CT molecular complexity index is 419. The first-order valence-corrected chi connectivity index (χ1v) is 6.96. The number of carbonyl (C=O) groups is 1. The average Bonchev–Trinajstić information content (AvgIpc) is 2.40. The third kappa shape index (κ3) is 4.16. The molecule has 1 aromatic carbocycles. The fourth-order valence-corrected chi connectivity index (χ4v) is 2.04. The van der Waals surface area contributed by atoms with Gasteiger partial charge in [0, 0.05) is 6.04 Å². The van der Waals surface area contributed by atoms with Gasteiger partial charge in [-0.25, -0.2) is 4.79 Å². The number of hydrogen-bond acceptors (Lipinski definition) is 4. The number of rotatable bonds is 7. The molecule has 0 bridgehead atoms. The summed E-state index contributed by atoms with van der Waals surface area (Å²) in [6.45, 7) is 6.42. The number of esters is 1. The largest absolute Gasteiger partial charge is 0.462 e. The summed E-state index contributed by atoms with van der Waals surface area (Å²) in [5.74, 6) is -0.330. The van der Waals surface area contributed by atoms with Gasteiger partial charge in [-0.3, -0.25) is 0 Å². The lowest BCUT2D eigenvalue weighted by atomic mass is 10.1. The van der Waals surface area contributed by atoms with Crippen molar-refractivity contribution in [2.45, 2.75) is 46.1 Å². The maximum atomic E-state index is 11.9. The molecule has 0 aliphatic heterocycles. The summed E-state index contributed by atoms with van der Waals surface area (Å²) in [6.07, 6.45) is 3.13. The van der Waals surface area contributed by atoms with Gasteiger partial charge in [-0.15, -0.1) is 0 Å². The minimum Gasteiger partial charge on any atom is -0.462 e. The Morgan fingerprint density at radius 1 is 1.37 bits per heavy atom. The third-order valence-electron chi connectivity index (χ3n) is 3.07. The topological polar surface area (TPSA) is 64.3 Å². The normalized spacial score (nSPS) is 11.9. The van der Waals surface area contributed by atoms with Crippen molar-refractivity contribution in [2.24, 2.45) is 0 Å². The first kappa shape index (κ1) is 15.3. The number of ether oxygens (including phenoxy) is 1. The average molecular weight is 264 g/mol. The molecular formula is C15H24N2O2. The van der Waals surface area contributed by atoms with Crippen molar-refractivity contribution in [3.8, 4) is 0 Å². The Kier molecular flexibility index (Phi) is 6.19. The summed E-state index contributed by atoms with van der Waals surface area (Å²) in [4.78, 5) is 11.9. The second-order valence-electron chi connectivity index (χ2n) is 4.53. The van der Waals surface area contributed by atoms with Crippen LogP contribution in [0.3, 0.4) is 0 Å². The molecule has 0 saturated carbocycles. The Balaban J connectivity index is 3.00. The molecule has 1 aromatic rings. The lowest BCUT2D eigenvalue weighted by Gasteiger charge is -2.21. The van der Waals surface area contributed by atoms with E-state index in [9.17, 15) is 4.79 Å². The molecule has 4 nitrogen and oxygen atoms in total. The van der Waals surface area contributed by atoms with Crippen molar-refractivity contribution in [1.82, 2.24) is 0 Å². The molecular weight excluding hydrogens is 240 g/mol. The summed E-state index contributed by atoms with van der Waals surface area (Å²) >= 11 is 0. The fourth-order valence-electron chi connectivity index (χ4n) is 2.04.